The molecule has 0 aromatic carbocycles. The lowest BCUT2D eigenvalue weighted by Gasteiger charge is -2.33. The van der Waals surface area contributed by atoms with Gasteiger partial charge in [0.15, 0.2) is 5.82 Å². The first-order chi connectivity index (χ1) is 10.7. The molecule has 1 atom stereocenters. The average molecular weight is 307 g/mol. The zero-order valence-corrected chi connectivity index (χ0v) is 13.2. The predicted octanol–water partition coefficient (Wildman–Crippen LogP) is 0.109. The molecule has 0 saturated carbocycles. The molecule has 2 aliphatic rings. The number of hydrogen-bond donors (Lipinski definition) is 1. The van der Waals surface area contributed by atoms with Gasteiger partial charge in [-0.05, 0) is 38.8 Å². The van der Waals surface area contributed by atoms with Gasteiger partial charge in [0.25, 0.3) is 0 Å². The van der Waals surface area contributed by atoms with Gasteiger partial charge in [-0.15, -0.1) is 10.2 Å². The number of aliphatic hydroxyl groups excluding tert-OH is 1. The third kappa shape index (κ3) is 3.15. The van der Waals surface area contributed by atoms with Gasteiger partial charge in [-0.1, -0.05) is 0 Å². The quantitative estimate of drug-likeness (QED) is 0.854. The van der Waals surface area contributed by atoms with E-state index in [0.29, 0.717) is 18.9 Å². The van der Waals surface area contributed by atoms with Crippen molar-refractivity contribution >= 4 is 5.91 Å². The summed E-state index contributed by atoms with van der Waals surface area (Å²) in [6.45, 7) is 4.09. The number of rotatable bonds is 4. The third-order valence-corrected chi connectivity index (χ3v) is 4.84. The van der Waals surface area contributed by atoms with Gasteiger partial charge >= 0.3 is 0 Å². The lowest BCUT2D eigenvalue weighted by Crippen LogP contribution is -2.44. The Bertz CT molecular complexity index is 524. The van der Waals surface area contributed by atoms with E-state index in [9.17, 15) is 9.90 Å². The molecule has 2 aliphatic heterocycles. The van der Waals surface area contributed by atoms with Gasteiger partial charge in [-0.3, -0.25) is 9.69 Å². The highest BCUT2D eigenvalue weighted by Crippen LogP contribution is 2.26. The highest BCUT2D eigenvalue weighted by molar-refractivity contribution is 5.78. The third-order valence-electron chi connectivity index (χ3n) is 4.84. The smallest absolute Gasteiger partial charge is 0.236 e. The van der Waals surface area contributed by atoms with Crippen LogP contribution in [0.1, 0.15) is 43.3 Å². The molecule has 0 bridgehead atoms. The highest BCUT2D eigenvalue weighted by atomic mass is 16.3. The number of aliphatic hydroxyl groups is 1. The maximum absolute atomic E-state index is 12.5. The molecular formula is C15H25N5O2. The fraction of sp³-hybridized carbons (Fsp3) is 0.800. The zero-order valence-electron chi connectivity index (χ0n) is 13.2. The van der Waals surface area contributed by atoms with Crippen LogP contribution in [0.25, 0.3) is 0 Å². The minimum atomic E-state index is -0.103. The number of aromatic nitrogens is 3. The lowest BCUT2D eigenvalue weighted by molar-refractivity contribution is -0.133. The van der Waals surface area contributed by atoms with Crippen LogP contribution in [0.15, 0.2) is 0 Å². The Morgan fingerprint density at radius 1 is 1.23 bits per heavy atom. The Hall–Kier alpha value is -1.47. The van der Waals surface area contributed by atoms with Gasteiger partial charge in [-0.25, -0.2) is 0 Å². The molecule has 0 unspecified atom stereocenters. The summed E-state index contributed by atoms with van der Waals surface area (Å²) in [5.74, 6) is 1.91. The normalized spacial score (nSPS) is 23.2. The molecular weight excluding hydrogens is 282 g/mol. The zero-order chi connectivity index (χ0) is 15.5. The van der Waals surface area contributed by atoms with Crippen LogP contribution in [0, 0.1) is 0 Å². The van der Waals surface area contributed by atoms with E-state index in [4.69, 9.17) is 0 Å². The van der Waals surface area contributed by atoms with Crippen LogP contribution >= 0.6 is 0 Å². The molecule has 7 nitrogen and oxygen atoms in total. The van der Waals surface area contributed by atoms with E-state index in [0.717, 1.165) is 38.3 Å². The van der Waals surface area contributed by atoms with Crippen molar-refractivity contribution in [3.63, 3.8) is 0 Å². The Kier molecular flexibility index (Phi) is 4.73. The van der Waals surface area contributed by atoms with Gasteiger partial charge in [0.05, 0.1) is 6.54 Å². The van der Waals surface area contributed by atoms with Gasteiger partial charge in [0.2, 0.25) is 5.91 Å². The molecule has 1 aromatic rings. The van der Waals surface area contributed by atoms with Crippen molar-refractivity contribution in [1.29, 1.82) is 0 Å². The van der Waals surface area contributed by atoms with Crippen molar-refractivity contribution in [2.24, 2.45) is 7.05 Å². The van der Waals surface area contributed by atoms with E-state index in [1.165, 1.54) is 12.8 Å². The Morgan fingerprint density at radius 2 is 2.00 bits per heavy atom. The summed E-state index contributed by atoms with van der Waals surface area (Å²) in [5.41, 5.74) is 0. The van der Waals surface area contributed by atoms with Gasteiger partial charge in [0.1, 0.15) is 12.4 Å². The first-order valence-corrected chi connectivity index (χ1v) is 8.18. The second-order valence-electron chi connectivity index (χ2n) is 6.35. The summed E-state index contributed by atoms with van der Waals surface area (Å²) in [6.07, 6.45) is 4.43. The molecule has 22 heavy (non-hydrogen) atoms. The van der Waals surface area contributed by atoms with E-state index < -0.39 is 0 Å². The van der Waals surface area contributed by atoms with Crippen LogP contribution in [0.5, 0.6) is 0 Å². The summed E-state index contributed by atoms with van der Waals surface area (Å²) < 4.78 is 1.86. The number of carbonyl (C=O) groups is 1. The van der Waals surface area contributed by atoms with E-state index in [1.54, 1.807) is 0 Å². The number of hydrogen-bond acceptors (Lipinski definition) is 5. The van der Waals surface area contributed by atoms with Crippen LogP contribution in [0.2, 0.25) is 0 Å². The maximum Gasteiger partial charge on any atom is 0.236 e. The maximum atomic E-state index is 12.5. The fourth-order valence-electron chi connectivity index (χ4n) is 3.51. The number of carbonyl (C=O) groups excluding carboxylic acids is 1. The van der Waals surface area contributed by atoms with Crippen molar-refractivity contribution in [3.05, 3.63) is 11.6 Å². The van der Waals surface area contributed by atoms with Crippen LogP contribution in [-0.4, -0.2) is 68.3 Å². The second kappa shape index (κ2) is 6.75. The van der Waals surface area contributed by atoms with Gasteiger partial charge in [-0.2, -0.15) is 0 Å². The minimum Gasteiger partial charge on any atom is -0.388 e. The second-order valence-corrected chi connectivity index (χ2v) is 6.35. The van der Waals surface area contributed by atoms with Crippen LogP contribution in [0.4, 0.5) is 0 Å². The van der Waals surface area contributed by atoms with Gasteiger partial charge < -0.3 is 14.6 Å². The first-order valence-electron chi connectivity index (χ1n) is 8.18. The summed E-state index contributed by atoms with van der Waals surface area (Å²) in [4.78, 5) is 16.7. The SMILES string of the molecule is Cn1c(CO)nnc1[C@H]1CCCN(C(=O)CN2CCCC2)C1. The van der Waals surface area contributed by atoms with E-state index in [-0.39, 0.29) is 18.4 Å². The first kappa shape index (κ1) is 15.4. The molecule has 1 aromatic heterocycles. The molecule has 1 amide bonds. The average Bonchev–Trinajstić information content (AvgIpc) is 3.16. The molecule has 1 N–H and O–H groups in total. The van der Waals surface area contributed by atoms with Crippen molar-refractivity contribution in [3.8, 4) is 0 Å². The number of amides is 1. The number of nitrogens with zero attached hydrogens (tertiary/aromatic N) is 5. The molecule has 2 fully saturated rings. The van der Waals surface area contributed by atoms with E-state index in [2.05, 4.69) is 15.1 Å². The summed E-state index contributed by atoms with van der Waals surface area (Å²) in [7, 11) is 1.88. The molecule has 0 spiro atoms. The van der Waals surface area contributed by atoms with Crippen molar-refractivity contribution < 1.29 is 9.90 Å². The molecule has 122 valence electrons. The fourth-order valence-corrected chi connectivity index (χ4v) is 3.51. The highest BCUT2D eigenvalue weighted by Gasteiger charge is 2.29. The number of piperidine rings is 1. The summed E-state index contributed by atoms with van der Waals surface area (Å²) >= 11 is 0. The molecule has 0 radical (unpaired) electrons. The van der Waals surface area contributed by atoms with Crippen LogP contribution in [0.3, 0.4) is 0 Å². The topological polar surface area (TPSA) is 74.5 Å². The molecule has 0 aliphatic carbocycles. The lowest BCUT2D eigenvalue weighted by atomic mass is 9.97. The molecule has 3 rings (SSSR count). The monoisotopic (exact) mass is 307 g/mol. The minimum absolute atomic E-state index is 0.103. The number of likely N-dealkylation sites (tertiary alicyclic amines) is 2. The summed E-state index contributed by atoms with van der Waals surface area (Å²) in [6, 6.07) is 0. The molecule has 7 heteroatoms. The van der Waals surface area contributed by atoms with E-state index >= 15 is 0 Å². The standard InChI is InChI=1S/C15H25N5O2/c1-18-13(11-21)16-17-15(18)12-5-4-8-20(9-12)14(22)10-19-6-2-3-7-19/h12,21H,2-11H2,1H3/t12-/m0/s1. The largest absolute Gasteiger partial charge is 0.388 e. The van der Waals surface area contributed by atoms with Crippen molar-refractivity contribution in [2.45, 2.75) is 38.2 Å². The van der Waals surface area contributed by atoms with E-state index in [1.807, 2.05) is 16.5 Å². The Balaban J connectivity index is 1.63. The van der Waals surface area contributed by atoms with Crippen molar-refractivity contribution in [1.82, 2.24) is 24.6 Å². The van der Waals surface area contributed by atoms with Gasteiger partial charge in [0, 0.05) is 26.1 Å². The predicted molar refractivity (Wildman–Crippen MR) is 81.2 cm³/mol. The Morgan fingerprint density at radius 3 is 2.68 bits per heavy atom. The molecule has 2 saturated heterocycles. The van der Waals surface area contributed by atoms with Crippen molar-refractivity contribution in [2.75, 3.05) is 32.7 Å². The van der Waals surface area contributed by atoms with Crippen LogP contribution < -0.4 is 0 Å². The molecule has 3 heterocycles. The summed E-state index contributed by atoms with van der Waals surface area (Å²) in [5, 5.41) is 17.5. The Labute approximate surface area is 130 Å². The van der Waals surface area contributed by atoms with Crippen LogP contribution in [-0.2, 0) is 18.4 Å².